The maximum Gasteiger partial charge on any atom is 0.268 e. The molecule has 1 aliphatic rings. The number of benzene rings is 2. The Morgan fingerprint density at radius 3 is 2.58 bits per heavy atom. The highest BCUT2D eigenvalue weighted by molar-refractivity contribution is 7.19. The van der Waals surface area contributed by atoms with Gasteiger partial charge in [0.15, 0.2) is 5.75 Å². The summed E-state index contributed by atoms with van der Waals surface area (Å²) in [6.07, 6.45) is 5.88. The monoisotopic (exact) mass is 589 g/mol. The molecule has 2 aromatic carbocycles. The predicted octanol–water partition coefficient (Wildman–Crippen LogP) is 0.343. The van der Waals surface area contributed by atoms with E-state index in [1.165, 1.54) is 21.6 Å². The summed E-state index contributed by atoms with van der Waals surface area (Å²) in [5.74, 6) is 1.58. The first-order valence-corrected chi connectivity index (χ1v) is 12.3. The molecule has 5 nitrogen and oxygen atoms in total. The van der Waals surface area contributed by atoms with E-state index in [1.54, 1.807) is 15.9 Å². The quantitative estimate of drug-likeness (QED) is 0.255. The zero-order valence-electron chi connectivity index (χ0n) is 18.6. The predicted molar refractivity (Wildman–Crippen MR) is 133 cm³/mol. The molecule has 0 amide bonds. The Morgan fingerprint density at radius 2 is 1.79 bits per heavy atom. The number of aryl methyl sites for hydroxylation is 1. The summed E-state index contributed by atoms with van der Waals surface area (Å²) in [6, 6.07) is 16.4. The Bertz CT molecular complexity index is 1530. The minimum Gasteiger partial charge on any atom is -1.00 e. The molecule has 0 aliphatic carbocycles. The smallest absolute Gasteiger partial charge is 0.268 e. The number of hydrogen-bond acceptors (Lipinski definition) is 5. The largest absolute Gasteiger partial charge is 1.00 e. The Morgan fingerprint density at radius 1 is 1.03 bits per heavy atom. The zero-order valence-corrected chi connectivity index (χ0v) is 22.4. The fraction of sp³-hybridized carbons (Fsp3) is 0.200. The van der Waals surface area contributed by atoms with E-state index >= 15 is 0 Å². The van der Waals surface area contributed by atoms with Crippen LogP contribution in [-0.4, -0.2) is 11.1 Å². The summed E-state index contributed by atoms with van der Waals surface area (Å²) in [6.45, 7) is 5.91. The summed E-state index contributed by atoms with van der Waals surface area (Å²) >= 11 is 3.25. The van der Waals surface area contributed by atoms with Crippen molar-refractivity contribution in [2.24, 2.45) is 7.05 Å². The first kappa shape index (κ1) is 23.7. The molecule has 0 spiro atoms. The van der Waals surface area contributed by atoms with Crippen molar-refractivity contribution >= 4 is 50.7 Å². The Hall–Kier alpha value is -2.43. The number of allylic oxidation sites excluding steroid dienone is 1. The molecule has 4 aromatic rings. The minimum absolute atomic E-state index is 0. The molecule has 0 saturated heterocycles. The molecule has 33 heavy (non-hydrogen) atoms. The van der Waals surface area contributed by atoms with Gasteiger partial charge in [-0.05, 0) is 38.1 Å². The molecule has 1 aliphatic heterocycles. The van der Waals surface area contributed by atoms with Gasteiger partial charge in [0.1, 0.15) is 15.9 Å². The Labute approximate surface area is 217 Å². The zero-order chi connectivity index (χ0) is 22.2. The normalized spacial score (nSPS) is 15.2. The molecule has 0 radical (unpaired) electrons. The van der Waals surface area contributed by atoms with Crippen LogP contribution < -0.4 is 52.9 Å². The Kier molecular flexibility index (Phi) is 7.06. The maximum atomic E-state index is 12.9. The molecular weight excluding hydrogens is 565 g/mol. The SMILES string of the molecule is CCN1/C(=C/C=c2\s/c(=C\c3sc4ccccc4[n+]3CC)n(C)c2=O)Oc2ccccc21.[I-]. The minimum atomic E-state index is 0. The first-order chi connectivity index (χ1) is 15.6. The number of hydrogen-bond donors (Lipinski definition) is 0. The van der Waals surface area contributed by atoms with Gasteiger partial charge in [-0.3, -0.25) is 4.79 Å². The van der Waals surface area contributed by atoms with E-state index in [9.17, 15) is 4.79 Å². The third-order valence-electron chi connectivity index (χ3n) is 5.59. The van der Waals surface area contributed by atoms with Gasteiger partial charge in [-0.25, -0.2) is 0 Å². The molecule has 0 fully saturated rings. The number of rotatable bonds is 4. The lowest BCUT2D eigenvalue weighted by Gasteiger charge is -2.14. The van der Waals surface area contributed by atoms with Crippen molar-refractivity contribution in [1.82, 2.24) is 4.57 Å². The molecule has 2 aromatic heterocycles. The van der Waals surface area contributed by atoms with Crippen LogP contribution in [0.15, 0.2) is 65.3 Å². The lowest BCUT2D eigenvalue weighted by atomic mass is 10.3. The number of anilines is 1. The number of halogens is 1. The highest BCUT2D eigenvalue weighted by atomic mass is 127. The van der Waals surface area contributed by atoms with E-state index in [0.717, 1.165) is 40.1 Å². The molecule has 0 unspecified atom stereocenters. The van der Waals surface area contributed by atoms with Crippen LogP contribution in [0.1, 0.15) is 18.9 Å². The van der Waals surface area contributed by atoms with Crippen LogP contribution in [-0.2, 0) is 13.6 Å². The van der Waals surface area contributed by atoms with E-state index in [1.807, 2.05) is 43.5 Å². The summed E-state index contributed by atoms with van der Waals surface area (Å²) in [4.78, 5) is 15.0. The molecule has 170 valence electrons. The Balaban J connectivity index is 0.00000259. The van der Waals surface area contributed by atoms with Gasteiger partial charge in [0.25, 0.3) is 10.6 Å². The van der Waals surface area contributed by atoms with Gasteiger partial charge in [0.2, 0.25) is 11.4 Å². The van der Waals surface area contributed by atoms with Crippen molar-refractivity contribution in [3.8, 4) is 5.75 Å². The van der Waals surface area contributed by atoms with Gasteiger partial charge in [0.05, 0.1) is 16.3 Å². The molecule has 8 heteroatoms. The van der Waals surface area contributed by atoms with Gasteiger partial charge in [-0.1, -0.05) is 35.6 Å². The van der Waals surface area contributed by atoms with E-state index in [-0.39, 0.29) is 29.5 Å². The van der Waals surface area contributed by atoms with E-state index in [4.69, 9.17) is 4.74 Å². The van der Waals surface area contributed by atoms with Crippen LogP contribution in [0.3, 0.4) is 0 Å². The summed E-state index contributed by atoms with van der Waals surface area (Å²) in [7, 11) is 1.83. The average molecular weight is 590 g/mol. The van der Waals surface area contributed by atoms with Crippen molar-refractivity contribution in [3.05, 3.63) is 85.0 Å². The van der Waals surface area contributed by atoms with Crippen molar-refractivity contribution < 1.29 is 33.3 Å². The van der Waals surface area contributed by atoms with Crippen molar-refractivity contribution in [1.29, 1.82) is 0 Å². The summed E-state index contributed by atoms with van der Waals surface area (Å²) in [5, 5.41) is 1.14. The topological polar surface area (TPSA) is 38.4 Å². The van der Waals surface area contributed by atoms with Gasteiger partial charge in [0, 0.05) is 25.7 Å². The third-order valence-corrected chi connectivity index (χ3v) is 7.83. The lowest BCUT2D eigenvalue weighted by molar-refractivity contribution is -0.665. The van der Waals surface area contributed by atoms with Gasteiger partial charge in [-0.15, -0.1) is 11.3 Å². The van der Waals surface area contributed by atoms with Gasteiger partial charge in [-0.2, -0.15) is 4.57 Å². The molecule has 0 saturated carbocycles. The van der Waals surface area contributed by atoms with E-state index < -0.39 is 0 Å². The van der Waals surface area contributed by atoms with Gasteiger partial charge >= 0.3 is 0 Å². The number of aromatic nitrogens is 2. The second-order valence-corrected chi connectivity index (χ2v) is 9.58. The van der Waals surface area contributed by atoms with E-state index in [2.05, 4.69) is 53.7 Å². The van der Waals surface area contributed by atoms with Crippen LogP contribution in [0, 0.1) is 0 Å². The highest BCUT2D eigenvalue weighted by Crippen LogP contribution is 2.38. The maximum absolute atomic E-state index is 12.9. The van der Waals surface area contributed by atoms with Crippen LogP contribution >= 0.6 is 22.7 Å². The van der Waals surface area contributed by atoms with Crippen molar-refractivity contribution in [2.45, 2.75) is 20.4 Å². The first-order valence-electron chi connectivity index (χ1n) is 10.7. The number of nitrogens with zero attached hydrogens (tertiary/aromatic N) is 3. The molecule has 0 atom stereocenters. The lowest BCUT2D eigenvalue weighted by Crippen LogP contribution is -3.00. The summed E-state index contributed by atoms with van der Waals surface area (Å²) < 4.78 is 12.9. The third kappa shape index (κ3) is 4.27. The average Bonchev–Trinajstić information content (AvgIpc) is 3.44. The molecule has 0 N–H and O–H groups in total. The second kappa shape index (κ2) is 9.82. The van der Waals surface area contributed by atoms with Crippen LogP contribution in [0.5, 0.6) is 5.75 Å². The van der Waals surface area contributed by atoms with Crippen LogP contribution in [0.2, 0.25) is 0 Å². The number of para-hydroxylation sites is 3. The number of ether oxygens (including phenoxy) is 1. The number of fused-ring (bicyclic) bond motifs is 2. The number of thiazole rings is 2. The fourth-order valence-electron chi connectivity index (χ4n) is 3.96. The fourth-order valence-corrected chi connectivity index (χ4v) is 6.18. The van der Waals surface area contributed by atoms with Crippen molar-refractivity contribution in [3.63, 3.8) is 0 Å². The summed E-state index contributed by atoms with van der Waals surface area (Å²) in [5.41, 5.74) is 2.28. The van der Waals surface area contributed by atoms with Gasteiger partial charge < -0.3 is 38.2 Å². The molecule has 5 rings (SSSR count). The van der Waals surface area contributed by atoms with Crippen molar-refractivity contribution in [2.75, 3.05) is 11.4 Å². The van der Waals surface area contributed by atoms with Crippen LogP contribution in [0.4, 0.5) is 5.69 Å². The highest BCUT2D eigenvalue weighted by Gasteiger charge is 2.23. The molecular formula is C25H24IN3O2S2. The van der Waals surface area contributed by atoms with E-state index in [0.29, 0.717) is 4.53 Å². The molecule has 0 bridgehead atoms. The van der Waals surface area contributed by atoms with Crippen LogP contribution in [0.25, 0.3) is 22.4 Å². The second-order valence-electron chi connectivity index (χ2n) is 7.45. The molecule has 3 heterocycles. The standard InChI is InChI=1S/C25H24N3O2S2.HI/c1-4-27-17-10-6-8-12-19(17)30-22(27)15-14-21-25(29)26(3)23(32-21)16-24-28(5-2)18-11-7-9-13-20(18)31-24;/h6-16H,4-5H2,1-3H3;1H/q+1;/p-1/b21-14-,22-15-;.